The van der Waals surface area contributed by atoms with E-state index < -0.39 is 0 Å². The zero-order chi connectivity index (χ0) is 14.7. The standard InChI is InChI=1S/C15H14BrFN2O/c1-19(9-10-2-4-11(17)5-3-10)15(20)13-8-12(18)6-7-14(13)16/h2-8H,9,18H2,1H3. The van der Waals surface area contributed by atoms with Crippen molar-refractivity contribution in [1.82, 2.24) is 4.90 Å². The molecule has 0 aromatic heterocycles. The highest BCUT2D eigenvalue weighted by molar-refractivity contribution is 9.10. The molecule has 0 radical (unpaired) electrons. The lowest BCUT2D eigenvalue weighted by Gasteiger charge is -2.18. The average molecular weight is 337 g/mol. The minimum atomic E-state index is -0.290. The van der Waals surface area contributed by atoms with Crippen LogP contribution in [0.3, 0.4) is 0 Å². The Balaban J connectivity index is 2.16. The Hall–Kier alpha value is -1.88. The summed E-state index contributed by atoms with van der Waals surface area (Å²) in [6, 6.07) is 11.2. The molecule has 0 saturated carbocycles. The third-order valence-corrected chi connectivity index (χ3v) is 3.59. The SMILES string of the molecule is CN(Cc1ccc(F)cc1)C(=O)c1cc(N)ccc1Br. The number of amides is 1. The predicted octanol–water partition coefficient (Wildman–Crippen LogP) is 3.44. The van der Waals surface area contributed by atoms with Gasteiger partial charge in [0, 0.05) is 23.8 Å². The molecule has 20 heavy (non-hydrogen) atoms. The van der Waals surface area contributed by atoms with Crippen molar-refractivity contribution < 1.29 is 9.18 Å². The number of nitrogen functional groups attached to an aromatic ring is 1. The lowest BCUT2D eigenvalue weighted by molar-refractivity contribution is 0.0784. The summed E-state index contributed by atoms with van der Waals surface area (Å²) in [6.07, 6.45) is 0. The van der Waals surface area contributed by atoms with Crippen LogP contribution in [0.1, 0.15) is 15.9 Å². The Morgan fingerprint density at radius 3 is 2.55 bits per heavy atom. The lowest BCUT2D eigenvalue weighted by atomic mass is 10.1. The summed E-state index contributed by atoms with van der Waals surface area (Å²) < 4.78 is 13.5. The summed E-state index contributed by atoms with van der Waals surface area (Å²) in [4.78, 5) is 13.9. The van der Waals surface area contributed by atoms with Gasteiger partial charge in [0.2, 0.25) is 0 Å². The van der Waals surface area contributed by atoms with Gasteiger partial charge in [-0.1, -0.05) is 12.1 Å². The minimum absolute atomic E-state index is 0.145. The van der Waals surface area contributed by atoms with E-state index in [0.717, 1.165) is 5.56 Å². The summed E-state index contributed by atoms with van der Waals surface area (Å²) in [5, 5.41) is 0. The molecule has 0 unspecified atom stereocenters. The predicted molar refractivity (Wildman–Crippen MR) is 80.8 cm³/mol. The molecule has 3 nitrogen and oxygen atoms in total. The summed E-state index contributed by atoms with van der Waals surface area (Å²) in [6.45, 7) is 0.403. The number of benzene rings is 2. The molecular formula is C15H14BrFN2O. The maximum absolute atomic E-state index is 12.8. The number of hydrogen-bond acceptors (Lipinski definition) is 2. The van der Waals surface area contributed by atoms with Gasteiger partial charge in [-0.2, -0.15) is 0 Å². The van der Waals surface area contributed by atoms with Gasteiger partial charge in [0.15, 0.2) is 0 Å². The Kier molecular flexibility index (Phi) is 4.39. The first-order valence-corrected chi connectivity index (χ1v) is 6.81. The number of rotatable bonds is 3. The highest BCUT2D eigenvalue weighted by Crippen LogP contribution is 2.21. The van der Waals surface area contributed by atoms with Crippen molar-refractivity contribution in [3.63, 3.8) is 0 Å². The van der Waals surface area contributed by atoms with Crippen LogP contribution in [0.15, 0.2) is 46.9 Å². The second-order valence-corrected chi connectivity index (χ2v) is 5.38. The third-order valence-electron chi connectivity index (χ3n) is 2.90. The van der Waals surface area contributed by atoms with Gasteiger partial charge in [0.25, 0.3) is 5.91 Å². The molecular weight excluding hydrogens is 323 g/mol. The fourth-order valence-electron chi connectivity index (χ4n) is 1.85. The van der Waals surface area contributed by atoms with E-state index in [1.54, 1.807) is 42.3 Å². The van der Waals surface area contributed by atoms with Gasteiger partial charge in [-0.05, 0) is 51.8 Å². The fraction of sp³-hybridized carbons (Fsp3) is 0.133. The molecule has 2 rings (SSSR count). The number of nitrogens with two attached hydrogens (primary N) is 1. The van der Waals surface area contributed by atoms with Crippen molar-refractivity contribution in [1.29, 1.82) is 0 Å². The van der Waals surface area contributed by atoms with E-state index in [2.05, 4.69) is 15.9 Å². The molecule has 0 spiro atoms. The number of halogens is 2. The van der Waals surface area contributed by atoms with E-state index in [4.69, 9.17) is 5.73 Å². The van der Waals surface area contributed by atoms with Crippen LogP contribution in [0.25, 0.3) is 0 Å². The fourth-order valence-corrected chi connectivity index (χ4v) is 2.26. The second-order valence-electron chi connectivity index (χ2n) is 4.53. The first-order chi connectivity index (χ1) is 9.47. The van der Waals surface area contributed by atoms with Crippen LogP contribution < -0.4 is 5.73 Å². The quantitative estimate of drug-likeness (QED) is 0.872. The van der Waals surface area contributed by atoms with Gasteiger partial charge in [0.1, 0.15) is 5.82 Å². The average Bonchev–Trinajstić information content (AvgIpc) is 2.43. The highest BCUT2D eigenvalue weighted by Gasteiger charge is 2.15. The highest BCUT2D eigenvalue weighted by atomic mass is 79.9. The van der Waals surface area contributed by atoms with Crippen molar-refractivity contribution in [2.24, 2.45) is 0 Å². The van der Waals surface area contributed by atoms with Gasteiger partial charge in [-0.3, -0.25) is 4.79 Å². The van der Waals surface area contributed by atoms with E-state index in [1.165, 1.54) is 12.1 Å². The van der Waals surface area contributed by atoms with Crippen molar-refractivity contribution in [3.8, 4) is 0 Å². The van der Waals surface area contributed by atoms with Gasteiger partial charge in [-0.15, -0.1) is 0 Å². The number of anilines is 1. The first kappa shape index (κ1) is 14.5. The van der Waals surface area contributed by atoms with Crippen LogP contribution in [0, 0.1) is 5.82 Å². The van der Waals surface area contributed by atoms with Crippen molar-refractivity contribution >= 4 is 27.5 Å². The Morgan fingerprint density at radius 1 is 1.25 bits per heavy atom. The zero-order valence-electron chi connectivity index (χ0n) is 10.9. The van der Waals surface area contributed by atoms with Crippen molar-refractivity contribution in [3.05, 3.63) is 63.9 Å². The monoisotopic (exact) mass is 336 g/mol. The first-order valence-electron chi connectivity index (χ1n) is 6.02. The summed E-state index contributed by atoms with van der Waals surface area (Å²) in [5.74, 6) is -0.435. The molecule has 5 heteroatoms. The molecule has 0 aliphatic heterocycles. The molecule has 2 aromatic carbocycles. The number of hydrogen-bond donors (Lipinski definition) is 1. The maximum atomic E-state index is 12.8. The normalized spacial score (nSPS) is 10.3. The second kappa shape index (κ2) is 6.05. The summed E-state index contributed by atoms with van der Waals surface area (Å²) in [7, 11) is 1.70. The van der Waals surface area contributed by atoms with E-state index in [9.17, 15) is 9.18 Å². The van der Waals surface area contributed by atoms with Gasteiger partial charge in [0.05, 0.1) is 5.56 Å². The smallest absolute Gasteiger partial charge is 0.255 e. The van der Waals surface area contributed by atoms with E-state index in [1.807, 2.05) is 0 Å². The summed E-state index contributed by atoms with van der Waals surface area (Å²) >= 11 is 3.34. The lowest BCUT2D eigenvalue weighted by Crippen LogP contribution is -2.26. The van der Waals surface area contributed by atoms with Crippen LogP contribution in [0.5, 0.6) is 0 Å². The minimum Gasteiger partial charge on any atom is -0.399 e. The molecule has 1 amide bonds. The Labute approximate surface area is 125 Å². The number of carbonyl (C=O) groups excluding carboxylic acids is 1. The molecule has 0 fully saturated rings. The molecule has 0 bridgehead atoms. The molecule has 0 saturated heterocycles. The van der Waals surface area contributed by atoms with E-state index in [-0.39, 0.29) is 11.7 Å². The number of nitrogens with zero attached hydrogens (tertiary/aromatic N) is 1. The molecule has 0 atom stereocenters. The Bertz CT molecular complexity index is 628. The van der Waals surface area contributed by atoms with Gasteiger partial charge in [-0.25, -0.2) is 4.39 Å². The molecule has 2 aromatic rings. The molecule has 0 heterocycles. The largest absolute Gasteiger partial charge is 0.399 e. The van der Waals surface area contributed by atoms with Crippen molar-refractivity contribution in [2.75, 3.05) is 12.8 Å². The number of carbonyl (C=O) groups is 1. The van der Waals surface area contributed by atoms with Crippen LogP contribution in [0.4, 0.5) is 10.1 Å². The topological polar surface area (TPSA) is 46.3 Å². The van der Waals surface area contributed by atoms with Crippen molar-refractivity contribution in [2.45, 2.75) is 6.54 Å². The van der Waals surface area contributed by atoms with Crippen LogP contribution in [-0.4, -0.2) is 17.9 Å². The zero-order valence-corrected chi connectivity index (χ0v) is 12.5. The van der Waals surface area contributed by atoms with Crippen LogP contribution in [0.2, 0.25) is 0 Å². The van der Waals surface area contributed by atoms with E-state index in [0.29, 0.717) is 22.3 Å². The van der Waals surface area contributed by atoms with Gasteiger partial charge < -0.3 is 10.6 Å². The molecule has 0 aliphatic carbocycles. The molecule has 0 aliphatic rings. The third kappa shape index (κ3) is 3.36. The van der Waals surface area contributed by atoms with Gasteiger partial charge >= 0.3 is 0 Å². The maximum Gasteiger partial charge on any atom is 0.255 e. The molecule has 2 N–H and O–H groups in total. The Morgan fingerprint density at radius 2 is 1.90 bits per heavy atom. The van der Waals surface area contributed by atoms with Crippen LogP contribution >= 0.6 is 15.9 Å². The molecule has 104 valence electrons. The van der Waals surface area contributed by atoms with Crippen LogP contribution in [-0.2, 0) is 6.54 Å². The van der Waals surface area contributed by atoms with E-state index >= 15 is 0 Å². The summed E-state index contributed by atoms with van der Waals surface area (Å²) in [5.41, 5.74) is 7.61.